The van der Waals surface area contributed by atoms with Crippen LogP contribution in [0.1, 0.15) is 5.56 Å². The Morgan fingerprint density at radius 2 is 1.95 bits per heavy atom. The molecule has 2 saturated heterocycles. The average molecular weight is 320 g/mol. The zero-order chi connectivity index (χ0) is 15.5. The molecule has 22 heavy (non-hydrogen) atoms. The van der Waals surface area contributed by atoms with Gasteiger partial charge in [0.2, 0.25) is 0 Å². The number of ether oxygens (including phenoxy) is 1. The minimum atomic E-state index is -0.315. The number of rotatable bonds is 3. The number of morpholine rings is 1. The number of nitrogens with zero attached hydrogens (tertiary/aromatic N) is 2. The van der Waals surface area contributed by atoms with E-state index in [0.29, 0.717) is 36.8 Å². The summed E-state index contributed by atoms with van der Waals surface area (Å²) in [4.78, 5) is 28.0. The van der Waals surface area contributed by atoms with Gasteiger partial charge in [-0.05, 0) is 23.9 Å². The molecule has 0 spiro atoms. The Labute approximate surface area is 132 Å². The van der Waals surface area contributed by atoms with Crippen molar-refractivity contribution in [3.05, 3.63) is 34.7 Å². The first kappa shape index (κ1) is 15.1. The van der Waals surface area contributed by atoms with Crippen LogP contribution < -0.4 is 0 Å². The lowest BCUT2D eigenvalue weighted by molar-refractivity contribution is -0.125. The van der Waals surface area contributed by atoms with Crippen molar-refractivity contribution < 1.29 is 19.4 Å². The molecule has 6 nitrogen and oxygen atoms in total. The molecule has 1 N–H and O–H groups in total. The number of para-hydroxylation sites is 1. The van der Waals surface area contributed by atoms with Crippen molar-refractivity contribution in [2.24, 2.45) is 0 Å². The van der Waals surface area contributed by atoms with E-state index in [2.05, 4.69) is 0 Å². The summed E-state index contributed by atoms with van der Waals surface area (Å²) in [5.74, 6) is -0.229. The molecule has 2 fully saturated rings. The summed E-state index contributed by atoms with van der Waals surface area (Å²) in [5, 5.41) is 9.48. The maximum Gasteiger partial charge on any atom is 0.294 e. The number of phenols is 1. The van der Waals surface area contributed by atoms with Gasteiger partial charge in [0.05, 0.1) is 24.8 Å². The van der Waals surface area contributed by atoms with Gasteiger partial charge in [0.15, 0.2) is 0 Å². The second-order valence-electron chi connectivity index (χ2n) is 5.04. The van der Waals surface area contributed by atoms with Gasteiger partial charge in [0, 0.05) is 18.7 Å². The van der Waals surface area contributed by atoms with Crippen molar-refractivity contribution in [3.8, 4) is 5.75 Å². The lowest BCUT2D eigenvalue weighted by Crippen LogP contribution is -2.45. The predicted octanol–water partition coefficient (Wildman–Crippen LogP) is 1.72. The number of phenolic OH excluding ortho intramolecular Hbond substituents is 1. The number of amides is 2. The molecule has 0 saturated carbocycles. The largest absolute Gasteiger partial charge is 0.507 e. The van der Waals surface area contributed by atoms with E-state index in [1.54, 1.807) is 30.3 Å². The summed E-state index contributed by atoms with van der Waals surface area (Å²) in [6.07, 6.45) is 1.56. The summed E-state index contributed by atoms with van der Waals surface area (Å²) in [6, 6.07) is 6.72. The highest BCUT2D eigenvalue weighted by molar-refractivity contribution is 8.18. The van der Waals surface area contributed by atoms with Gasteiger partial charge in [0.1, 0.15) is 5.75 Å². The third-order valence-electron chi connectivity index (χ3n) is 3.54. The van der Waals surface area contributed by atoms with Gasteiger partial charge in [-0.3, -0.25) is 19.4 Å². The molecule has 0 aliphatic carbocycles. The molecule has 2 aliphatic rings. The minimum absolute atomic E-state index is 0.0856. The van der Waals surface area contributed by atoms with Crippen LogP contribution in [0.15, 0.2) is 29.2 Å². The Morgan fingerprint density at radius 1 is 1.23 bits per heavy atom. The minimum Gasteiger partial charge on any atom is -0.507 e. The molecule has 0 bridgehead atoms. The summed E-state index contributed by atoms with van der Waals surface area (Å²) < 4.78 is 5.26. The summed E-state index contributed by atoms with van der Waals surface area (Å²) in [5.41, 5.74) is 0.527. The van der Waals surface area contributed by atoms with E-state index in [0.717, 1.165) is 11.8 Å². The number of imide groups is 1. The number of benzene rings is 1. The summed E-state index contributed by atoms with van der Waals surface area (Å²) in [6.45, 7) is 2.93. The predicted molar refractivity (Wildman–Crippen MR) is 83.2 cm³/mol. The van der Waals surface area contributed by atoms with Crippen LogP contribution in [0.25, 0.3) is 6.08 Å². The standard InChI is InChI=1S/C15H16N2O4S/c18-12-4-2-1-3-11(12)9-13-14(19)17(15(20)22-13)10-16-5-7-21-8-6-16/h1-4,9,18H,5-8,10H2. The molecule has 1 aromatic rings. The molecule has 0 radical (unpaired) electrons. The second kappa shape index (κ2) is 6.51. The fourth-order valence-electron chi connectivity index (χ4n) is 2.32. The number of carbonyl (C=O) groups is 2. The van der Waals surface area contributed by atoms with E-state index in [4.69, 9.17) is 4.74 Å². The maximum absolute atomic E-state index is 12.4. The summed E-state index contributed by atoms with van der Waals surface area (Å²) in [7, 11) is 0. The zero-order valence-electron chi connectivity index (χ0n) is 11.9. The van der Waals surface area contributed by atoms with Crippen LogP contribution >= 0.6 is 11.8 Å². The van der Waals surface area contributed by atoms with Gasteiger partial charge in [0.25, 0.3) is 11.1 Å². The number of hydrogen-bond acceptors (Lipinski definition) is 6. The molecule has 0 aromatic heterocycles. The highest BCUT2D eigenvalue weighted by Gasteiger charge is 2.36. The first-order valence-electron chi connectivity index (χ1n) is 6.98. The molecule has 0 unspecified atom stereocenters. The van der Waals surface area contributed by atoms with Crippen molar-refractivity contribution in [1.29, 1.82) is 0 Å². The van der Waals surface area contributed by atoms with Crippen molar-refractivity contribution >= 4 is 29.0 Å². The molecule has 7 heteroatoms. The Balaban J connectivity index is 1.75. The van der Waals surface area contributed by atoms with Crippen LogP contribution in [0.2, 0.25) is 0 Å². The number of carbonyl (C=O) groups excluding carboxylic acids is 2. The molecule has 2 aliphatic heterocycles. The molecular formula is C15H16N2O4S. The lowest BCUT2D eigenvalue weighted by Gasteiger charge is -2.29. The average Bonchev–Trinajstić information content (AvgIpc) is 2.78. The van der Waals surface area contributed by atoms with Gasteiger partial charge in [-0.25, -0.2) is 0 Å². The van der Waals surface area contributed by atoms with Gasteiger partial charge in [-0.2, -0.15) is 0 Å². The molecule has 1 aromatic carbocycles. The number of aromatic hydroxyl groups is 1. The van der Waals surface area contributed by atoms with E-state index in [1.807, 2.05) is 4.90 Å². The first-order valence-corrected chi connectivity index (χ1v) is 7.80. The molecule has 116 valence electrons. The Morgan fingerprint density at radius 3 is 2.68 bits per heavy atom. The van der Waals surface area contributed by atoms with Crippen LogP contribution in [-0.4, -0.2) is 59.0 Å². The normalized spacial score (nSPS) is 21.8. The highest BCUT2D eigenvalue weighted by atomic mass is 32.2. The molecular weight excluding hydrogens is 304 g/mol. The van der Waals surface area contributed by atoms with Crippen LogP contribution in [-0.2, 0) is 9.53 Å². The van der Waals surface area contributed by atoms with Crippen molar-refractivity contribution in [1.82, 2.24) is 9.80 Å². The summed E-state index contributed by atoms with van der Waals surface area (Å²) >= 11 is 0.903. The Kier molecular flexibility index (Phi) is 4.47. The van der Waals surface area contributed by atoms with Gasteiger partial charge >= 0.3 is 0 Å². The second-order valence-corrected chi connectivity index (χ2v) is 6.03. The molecule has 0 atom stereocenters. The SMILES string of the molecule is O=C1SC(=Cc2ccccc2O)C(=O)N1CN1CCOCC1. The van der Waals surface area contributed by atoms with Crippen molar-refractivity contribution in [2.75, 3.05) is 33.0 Å². The van der Waals surface area contributed by atoms with Crippen molar-refractivity contribution in [3.63, 3.8) is 0 Å². The number of hydrogen-bond donors (Lipinski definition) is 1. The third-order valence-corrected chi connectivity index (χ3v) is 4.45. The highest BCUT2D eigenvalue weighted by Crippen LogP contribution is 2.33. The number of thioether (sulfide) groups is 1. The lowest BCUT2D eigenvalue weighted by atomic mass is 10.2. The first-order chi connectivity index (χ1) is 10.6. The van der Waals surface area contributed by atoms with E-state index in [9.17, 15) is 14.7 Å². The third kappa shape index (κ3) is 3.16. The van der Waals surface area contributed by atoms with Crippen LogP contribution in [0.5, 0.6) is 5.75 Å². The zero-order valence-corrected chi connectivity index (χ0v) is 12.7. The fraction of sp³-hybridized carbons (Fsp3) is 0.333. The maximum atomic E-state index is 12.4. The quantitative estimate of drug-likeness (QED) is 0.855. The Hall–Kier alpha value is -1.83. The molecule has 3 rings (SSSR count). The monoisotopic (exact) mass is 320 g/mol. The van der Waals surface area contributed by atoms with Gasteiger partial charge in [-0.15, -0.1) is 0 Å². The molecule has 2 amide bonds. The Bertz CT molecular complexity index is 626. The van der Waals surface area contributed by atoms with E-state index in [1.165, 1.54) is 4.90 Å². The van der Waals surface area contributed by atoms with Crippen molar-refractivity contribution in [2.45, 2.75) is 0 Å². The smallest absolute Gasteiger partial charge is 0.294 e. The van der Waals surface area contributed by atoms with Crippen LogP contribution in [0.4, 0.5) is 4.79 Å². The van der Waals surface area contributed by atoms with Crippen LogP contribution in [0, 0.1) is 0 Å². The topological polar surface area (TPSA) is 70.1 Å². The van der Waals surface area contributed by atoms with Gasteiger partial charge in [-0.1, -0.05) is 18.2 Å². The van der Waals surface area contributed by atoms with E-state index < -0.39 is 0 Å². The fourth-order valence-corrected chi connectivity index (χ4v) is 3.14. The van der Waals surface area contributed by atoms with E-state index in [-0.39, 0.29) is 23.6 Å². The molecule has 2 heterocycles. The van der Waals surface area contributed by atoms with Gasteiger partial charge < -0.3 is 9.84 Å². The van der Waals surface area contributed by atoms with Crippen LogP contribution in [0.3, 0.4) is 0 Å². The van der Waals surface area contributed by atoms with E-state index >= 15 is 0 Å².